The lowest BCUT2D eigenvalue weighted by atomic mass is 10.2. The summed E-state index contributed by atoms with van der Waals surface area (Å²) < 4.78 is 33.4. The SMILES string of the molecule is COc1ccc(OC)c(NC(=O)COC(=O)[C@@H](C)Oc2ccc(F)cc2)c1. The molecule has 1 amide bonds. The van der Waals surface area contributed by atoms with E-state index < -0.39 is 30.4 Å². The Bertz CT molecular complexity index is 793. The first kappa shape index (κ1) is 20.0. The Labute approximate surface area is 156 Å². The average Bonchev–Trinajstić information content (AvgIpc) is 2.67. The fraction of sp³-hybridized carbons (Fsp3) is 0.263. The Morgan fingerprint density at radius 2 is 1.70 bits per heavy atom. The molecule has 7 nitrogen and oxygen atoms in total. The second-order valence-corrected chi connectivity index (χ2v) is 5.44. The van der Waals surface area contributed by atoms with E-state index in [9.17, 15) is 14.0 Å². The quantitative estimate of drug-likeness (QED) is 0.713. The molecule has 0 aliphatic rings. The van der Waals surface area contributed by atoms with Crippen molar-refractivity contribution in [1.29, 1.82) is 0 Å². The van der Waals surface area contributed by atoms with E-state index in [4.69, 9.17) is 18.9 Å². The summed E-state index contributed by atoms with van der Waals surface area (Å²) in [5, 5.41) is 2.58. The van der Waals surface area contributed by atoms with Gasteiger partial charge in [0, 0.05) is 6.07 Å². The van der Waals surface area contributed by atoms with E-state index in [1.807, 2.05) is 0 Å². The average molecular weight is 377 g/mol. The Morgan fingerprint density at radius 3 is 2.33 bits per heavy atom. The van der Waals surface area contributed by atoms with Gasteiger partial charge in [-0.3, -0.25) is 4.79 Å². The molecule has 0 aliphatic carbocycles. The number of carbonyl (C=O) groups is 2. The number of benzene rings is 2. The molecule has 1 atom stereocenters. The van der Waals surface area contributed by atoms with Crippen molar-refractivity contribution in [3.05, 3.63) is 48.3 Å². The topological polar surface area (TPSA) is 83.1 Å². The van der Waals surface area contributed by atoms with Crippen LogP contribution in [0.25, 0.3) is 0 Å². The van der Waals surface area contributed by atoms with Crippen LogP contribution in [0, 0.1) is 5.82 Å². The lowest BCUT2D eigenvalue weighted by molar-refractivity contribution is -0.153. The van der Waals surface area contributed by atoms with Crippen molar-refractivity contribution in [2.24, 2.45) is 0 Å². The van der Waals surface area contributed by atoms with Gasteiger partial charge in [0.15, 0.2) is 12.7 Å². The van der Waals surface area contributed by atoms with Crippen LogP contribution in [0.4, 0.5) is 10.1 Å². The molecule has 1 N–H and O–H groups in total. The lowest BCUT2D eigenvalue weighted by Gasteiger charge is -2.15. The van der Waals surface area contributed by atoms with Crippen LogP contribution in [0.5, 0.6) is 17.2 Å². The van der Waals surface area contributed by atoms with E-state index in [0.717, 1.165) is 0 Å². The molecule has 144 valence electrons. The molecule has 2 aromatic carbocycles. The number of hydrogen-bond donors (Lipinski definition) is 1. The van der Waals surface area contributed by atoms with Gasteiger partial charge in [-0.2, -0.15) is 0 Å². The second-order valence-electron chi connectivity index (χ2n) is 5.44. The fourth-order valence-electron chi connectivity index (χ4n) is 2.12. The van der Waals surface area contributed by atoms with Crippen LogP contribution in [0.1, 0.15) is 6.92 Å². The van der Waals surface area contributed by atoms with Crippen LogP contribution in [-0.2, 0) is 14.3 Å². The zero-order chi connectivity index (χ0) is 19.8. The minimum absolute atomic E-state index is 0.311. The maximum absolute atomic E-state index is 12.9. The number of halogens is 1. The molecule has 0 radical (unpaired) electrons. The Morgan fingerprint density at radius 1 is 1.04 bits per heavy atom. The van der Waals surface area contributed by atoms with E-state index in [-0.39, 0.29) is 0 Å². The largest absolute Gasteiger partial charge is 0.497 e. The van der Waals surface area contributed by atoms with Gasteiger partial charge in [0.05, 0.1) is 19.9 Å². The van der Waals surface area contributed by atoms with Gasteiger partial charge in [-0.05, 0) is 43.3 Å². The van der Waals surface area contributed by atoms with Crippen molar-refractivity contribution >= 4 is 17.6 Å². The highest BCUT2D eigenvalue weighted by Crippen LogP contribution is 2.28. The molecule has 2 rings (SSSR count). The minimum Gasteiger partial charge on any atom is -0.497 e. The van der Waals surface area contributed by atoms with Crippen LogP contribution >= 0.6 is 0 Å². The van der Waals surface area contributed by atoms with Gasteiger partial charge >= 0.3 is 5.97 Å². The molecule has 0 aromatic heterocycles. The van der Waals surface area contributed by atoms with E-state index >= 15 is 0 Å². The number of methoxy groups -OCH3 is 2. The number of anilines is 1. The number of esters is 1. The Balaban J connectivity index is 1.87. The van der Waals surface area contributed by atoms with Gasteiger partial charge < -0.3 is 24.3 Å². The van der Waals surface area contributed by atoms with Crippen LogP contribution < -0.4 is 19.5 Å². The maximum atomic E-state index is 12.9. The number of hydrogen-bond acceptors (Lipinski definition) is 6. The van der Waals surface area contributed by atoms with Crippen molar-refractivity contribution in [2.75, 3.05) is 26.1 Å². The first-order valence-electron chi connectivity index (χ1n) is 8.03. The summed E-state index contributed by atoms with van der Waals surface area (Å²) >= 11 is 0. The summed E-state index contributed by atoms with van der Waals surface area (Å²) in [5.74, 6) is -0.419. The number of nitrogens with one attached hydrogen (secondary N) is 1. The van der Waals surface area contributed by atoms with Crippen molar-refractivity contribution in [1.82, 2.24) is 0 Å². The molecule has 0 bridgehead atoms. The zero-order valence-corrected chi connectivity index (χ0v) is 15.2. The molecule has 0 spiro atoms. The van der Waals surface area contributed by atoms with Gasteiger partial charge in [-0.1, -0.05) is 0 Å². The molecule has 0 aliphatic heterocycles. The highest BCUT2D eigenvalue weighted by Gasteiger charge is 2.18. The minimum atomic E-state index is -0.963. The van der Waals surface area contributed by atoms with Crippen LogP contribution in [-0.4, -0.2) is 38.8 Å². The number of ether oxygens (including phenoxy) is 4. The highest BCUT2D eigenvalue weighted by atomic mass is 19.1. The Kier molecular flexibility index (Phi) is 6.99. The molecule has 27 heavy (non-hydrogen) atoms. The third-order valence-electron chi connectivity index (χ3n) is 3.48. The molecule has 2 aromatic rings. The van der Waals surface area contributed by atoms with E-state index in [0.29, 0.717) is 22.9 Å². The molecular formula is C19H20FNO6. The molecule has 0 heterocycles. The fourth-order valence-corrected chi connectivity index (χ4v) is 2.12. The lowest BCUT2D eigenvalue weighted by Crippen LogP contribution is -2.29. The van der Waals surface area contributed by atoms with Gasteiger partial charge in [0.1, 0.15) is 23.1 Å². The summed E-state index contributed by atoms with van der Waals surface area (Å²) in [4.78, 5) is 24.0. The predicted molar refractivity (Wildman–Crippen MR) is 95.6 cm³/mol. The molecular weight excluding hydrogens is 357 g/mol. The molecule has 0 unspecified atom stereocenters. The number of carbonyl (C=O) groups excluding carboxylic acids is 2. The third kappa shape index (κ3) is 5.88. The zero-order valence-electron chi connectivity index (χ0n) is 15.2. The second kappa shape index (κ2) is 9.42. The standard InChI is InChI=1S/C19H20FNO6/c1-12(27-14-6-4-13(20)5-7-14)19(23)26-11-18(22)21-16-10-15(24-2)8-9-17(16)25-3/h4-10,12H,11H2,1-3H3,(H,21,22)/t12-/m1/s1. The van der Waals surface area contributed by atoms with Crippen molar-refractivity contribution in [2.45, 2.75) is 13.0 Å². The predicted octanol–water partition coefficient (Wildman–Crippen LogP) is 2.79. The van der Waals surface area contributed by atoms with E-state index in [1.54, 1.807) is 18.2 Å². The summed E-state index contributed by atoms with van der Waals surface area (Å²) in [6, 6.07) is 10.1. The summed E-state index contributed by atoms with van der Waals surface area (Å²) in [6.45, 7) is 0.963. The molecule has 8 heteroatoms. The first-order valence-corrected chi connectivity index (χ1v) is 8.03. The van der Waals surface area contributed by atoms with Crippen molar-refractivity contribution in [3.8, 4) is 17.2 Å². The normalized spacial score (nSPS) is 11.3. The van der Waals surface area contributed by atoms with Crippen molar-refractivity contribution in [3.63, 3.8) is 0 Å². The number of rotatable bonds is 8. The van der Waals surface area contributed by atoms with E-state index in [2.05, 4.69) is 5.32 Å². The molecule has 0 fully saturated rings. The van der Waals surface area contributed by atoms with Crippen molar-refractivity contribution < 1.29 is 32.9 Å². The van der Waals surface area contributed by atoms with Crippen LogP contribution in [0.15, 0.2) is 42.5 Å². The van der Waals surface area contributed by atoms with Crippen LogP contribution in [0.2, 0.25) is 0 Å². The molecule has 0 saturated heterocycles. The summed E-state index contributed by atoms with van der Waals surface area (Å²) in [7, 11) is 2.96. The molecule has 0 saturated carbocycles. The van der Waals surface area contributed by atoms with Gasteiger partial charge in [-0.15, -0.1) is 0 Å². The van der Waals surface area contributed by atoms with Gasteiger partial charge in [0.2, 0.25) is 0 Å². The number of amides is 1. The van der Waals surface area contributed by atoms with Gasteiger partial charge in [0.25, 0.3) is 5.91 Å². The van der Waals surface area contributed by atoms with E-state index in [1.165, 1.54) is 45.4 Å². The monoisotopic (exact) mass is 377 g/mol. The smallest absolute Gasteiger partial charge is 0.347 e. The highest BCUT2D eigenvalue weighted by molar-refractivity contribution is 5.94. The van der Waals surface area contributed by atoms with Gasteiger partial charge in [-0.25, -0.2) is 9.18 Å². The Hall–Kier alpha value is -3.29. The summed E-state index contributed by atoms with van der Waals surface area (Å²) in [6.07, 6.45) is -0.963. The first-order chi connectivity index (χ1) is 12.9. The maximum Gasteiger partial charge on any atom is 0.347 e. The van der Waals surface area contributed by atoms with Crippen LogP contribution in [0.3, 0.4) is 0 Å². The third-order valence-corrected chi connectivity index (χ3v) is 3.48. The summed E-state index contributed by atoms with van der Waals surface area (Å²) in [5.41, 5.74) is 0.383.